The predicted octanol–water partition coefficient (Wildman–Crippen LogP) is 1.46. The van der Waals surface area contributed by atoms with Crippen molar-refractivity contribution in [3.8, 4) is 0 Å². The molecule has 61 heavy (non-hydrogen) atoms. The van der Waals surface area contributed by atoms with Gasteiger partial charge < -0.3 is 47.4 Å². The van der Waals surface area contributed by atoms with Gasteiger partial charge in [0.2, 0.25) is 0 Å². The molecule has 0 aromatic carbocycles. The van der Waals surface area contributed by atoms with Crippen molar-refractivity contribution < 1.29 is 105 Å². The molecule has 0 saturated carbocycles. The predicted molar refractivity (Wildman–Crippen MR) is 198 cm³/mol. The summed E-state index contributed by atoms with van der Waals surface area (Å²) in [5, 5.41) is 0. The molecule has 26 heteroatoms. The van der Waals surface area contributed by atoms with Gasteiger partial charge in [-0.2, -0.15) is 21.9 Å². The average Bonchev–Trinajstić information content (AvgIpc) is 3.06. The number of carbonyl (C=O) groups is 8. The van der Waals surface area contributed by atoms with Gasteiger partial charge in [-0.05, 0) is 83.1 Å². The molecule has 1 fully saturated rings. The fraction of sp³-hybridized carbons (Fsp3) is 0.771. The van der Waals surface area contributed by atoms with Gasteiger partial charge in [0, 0.05) is 7.11 Å². The third kappa shape index (κ3) is 25.2. The minimum atomic E-state index is -1.92. The van der Waals surface area contributed by atoms with Gasteiger partial charge in [-0.1, -0.05) is 0 Å². The summed E-state index contributed by atoms with van der Waals surface area (Å²) in [6, 6.07) is 0. The van der Waals surface area contributed by atoms with E-state index in [1.54, 1.807) is 83.1 Å². The van der Waals surface area contributed by atoms with Crippen molar-refractivity contribution in [1.29, 1.82) is 0 Å². The van der Waals surface area contributed by atoms with E-state index in [9.17, 15) is 38.4 Å². The van der Waals surface area contributed by atoms with E-state index in [0.29, 0.717) is 0 Å². The number of esters is 4. The normalized spacial score (nSPS) is 19.2. The third-order valence-electron chi connectivity index (χ3n) is 6.01. The fourth-order valence-electron chi connectivity index (χ4n) is 4.19. The van der Waals surface area contributed by atoms with Crippen molar-refractivity contribution in [3.63, 3.8) is 0 Å². The Labute approximate surface area is 351 Å². The molecule has 0 radical (unpaired) electrons. The summed E-state index contributed by atoms with van der Waals surface area (Å²) < 4.78 is 53.0. The van der Waals surface area contributed by atoms with E-state index in [4.69, 9.17) is 66.7 Å². The van der Waals surface area contributed by atoms with Crippen molar-refractivity contribution in [2.45, 2.75) is 136 Å². The van der Waals surface area contributed by atoms with Gasteiger partial charge in [-0.15, -0.1) is 0 Å². The molecule has 1 aliphatic rings. The molecule has 1 rings (SSSR count). The maximum Gasteiger partial charge on any atom is 0.431 e. The summed E-state index contributed by atoms with van der Waals surface area (Å²) in [4.78, 5) is 119. The highest BCUT2D eigenvalue weighted by molar-refractivity contribution is 5.74. The molecule has 350 valence electrons. The van der Waals surface area contributed by atoms with Crippen LogP contribution in [0.5, 0.6) is 0 Å². The molecule has 5 atom stereocenters. The first-order chi connectivity index (χ1) is 28.0. The highest BCUT2D eigenvalue weighted by Crippen LogP contribution is 2.30. The number of carbonyl (C=O) groups excluding carboxylic acids is 8. The molecule has 1 aliphatic heterocycles. The van der Waals surface area contributed by atoms with Crippen LogP contribution < -0.4 is 21.9 Å². The second-order valence-corrected chi connectivity index (χ2v) is 16.4. The van der Waals surface area contributed by atoms with Gasteiger partial charge in [-0.25, -0.2) is 38.4 Å². The van der Waals surface area contributed by atoms with Gasteiger partial charge in [0.25, 0.3) is 0 Å². The molecule has 0 aliphatic carbocycles. The number of hydrogen-bond acceptors (Lipinski definition) is 22. The van der Waals surface area contributed by atoms with Crippen LogP contribution in [0.4, 0.5) is 19.2 Å². The molecule has 0 bridgehead atoms. The zero-order valence-corrected chi connectivity index (χ0v) is 36.4. The molecule has 0 aromatic rings. The van der Waals surface area contributed by atoms with Gasteiger partial charge in [0.1, 0.15) is 35.1 Å². The quantitative estimate of drug-likeness (QED) is 0.0860. The van der Waals surface area contributed by atoms with E-state index in [-0.39, 0.29) is 0 Å². The Morgan fingerprint density at radius 1 is 0.443 bits per heavy atom. The van der Waals surface area contributed by atoms with Crippen LogP contribution >= 0.6 is 0 Å². The molecule has 0 aromatic heterocycles. The maximum atomic E-state index is 13.2. The minimum Gasteiger partial charge on any atom is -0.461 e. The van der Waals surface area contributed by atoms with Crippen molar-refractivity contribution in [2.75, 3.05) is 40.1 Å². The zero-order valence-electron chi connectivity index (χ0n) is 36.4. The van der Waals surface area contributed by atoms with Crippen molar-refractivity contribution >= 4 is 48.3 Å². The third-order valence-corrected chi connectivity index (χ3v) is 6.01. The average molecular weight is 887 g/mol. The first-order valence-corrected chi connectivity index (χ1v) is 18.3. The summed E-state index contributed by atoms with van der Waals surface area (Å²) >= 11 is 0. The molecule has 4 amide bonds. The Bertz CT molecular complexity index is 1500. The van der Waals surface area contributed by atoms with Crippen molar-refractivity contribution in [1.82, 2.24) is 21.9 Å². The number of hydrogen-bond donors (Lipinski definition) is 4. The topological polar surface area (TPSA) is 314 Å². The molecule has 4 N–H and O–H groups in total. The van der Waals surface area contributed by atoms with E-state index >= 15 is 0 Å². The second-order valence-electron chi connectivity index (χ2n) is 16.4. The van der Waals surface area contributed by atoms with Crippen LogP contribution in [-0.2, 0) is 85.9 Å². The molecular weight excluding hydrogens is 828 g/mol. The van der Waals surface area contributed by atoms with Crippen LogP contribution in [0.1, 0.15) is 83.1 Å². The van der Waals surface area contributed by atoms with Crippen molar-refractivity contribution in [2.24, 2.45) is 0 Å². The molecule has 0 unspecified atom stereocenters. The maximum absolute atomic E-state index is 13.2. The summed E-state index contributed by atoms with van der Waals surface area (Å²) in [7, 11) is 1.08. The van der Waals surface area contributed by atoms with Crippen molar-refractivity contribution in [3.05, 3.63) is 0 Å². The summed E-state index contributed by atoms with van der Waals surface area (Å²) in [5.41, 5.74) is 3.85. The number of amides is 4. The number of ether oxygens (including phenoxy) is 10. The molecule has 1 heterocycles. The van der Waals surface area contributed by atoms with Crippen LogP contribution in [0.25, 0.3) is 0 Å². The van der Waals surface area contributed by atoms with E-state index in [2.05, 4.69) is 0 Å². The molecule has 1 saturated heterocycles. The fourth-order valence-corrected chi connectivity index (χ4v) is 4.19. The Kier molecular flexibility index (Phi) is 21.4. The number of nitrogens with one attached hydrogen (secondary N) is 4. The number of methoxy groups -OCH3 is 1. The lowest BCUT2D eigenvalue weighted by Gasteiger charge is -2.43. The van der Waals surface area contributed by atoms with E-state index in [0.717, 1.165) is 7.11 Å². The highest BCUT2D eigenvalue weighted by Gasteiger charge is 2.53. The van der Waals surface area contributed by atoms with Crippen LogP contribution in [-0.4, -0.2) is 142 Å². The van der Waals surface area contributed by atoms with E-state index < -0.39 is 134 Å². The van der Waals surface area contributed by atoms with Crippen LogP contribution in [0.2, 0.25) is 0 Å². The monoisotopic (exact) mass is 886 g/mol. The minimum absolute atomic E-state index is 0.808. The van der Waals surface area contributed by atoms with Gasteiger partial charge >= 0.3 is 48.3 Å². The lowest BCUT2D eigenvalue weighted by molar-refractivity contribution is -0.305. The Hall–Kier alpha value is -5.28. The smallest absolute Gasteiger partial charge is 0.431 e. The SMILES string of the molecule is CO[C@H]1O[C@H](COC(=O)CONC(=O)OC(C)(C)C)[C@@H](OC(=O)CONC(=O)OC(C)(C)C)[C@@H](OC(=O)CONC(=O)OC(C)(C)C)[C@@H]1OC(=O)CONC(=O)OC(C)(C)C. The van der Waals surface area contributed by atoms with E-state index in [1.807, 2.05) is 21.9 Å². The zero-order chi connectivity index (χ0) is 46.8. The number of rotatable bonds is 18. The van der Waals surface area contributed by atoms with Gasteiger partial charge in [0.15, 0.2) is 51.0 Å². The summed E-state index contributed by atoms with van der Waals surface area (Å²) in [6.07, 6.45) is -13.1. The first kappa shape index (κ1) is 53.7. The Morgan fingerprint density at radius 3 is 1.05 bits per heavy atom. The van der Waals surface area contributed by atoms with Gasteiger partial charge in [0.05, 0.1) is 0 Å². The summed E-state index contributed by atoms with van der Waals surface area (Å²) in [6.45, 7) is 14.3. The molecular formula is C35H58N4O22. The van der Waals surface area contributed by atoms with Gasteiger partial charge in [-0.3, -0.25) is 19.4 Å². The lowest BCUT2D eigenvalue weighted by Crippen LogP contribution is -2.63. The largest absolute Gasteiger partial charge is 0.461 e. The standard InChI is InChI=1S/C35H58N4O22/c1-32(2,3)58-28(44)36-50-15-20(40)49-14-19-24(55-21(41)16-51-37-29(45)59-33(4,5)6)25(56-22(42)17-52-38-30(46)60-34(7,8)9)26(27(48-13)54-19)57-23(43)18-53-39-31(47)61-35(10,11)12/h19,24-27H,14-18H2,1-13H3,(H,36,44)(H,37,45)(H,38,46)(H,39,47)/t19-,24-,25-,26+,27+/m1/s1. The first-order valence-electron chi connectivity index (χ1n) is 18.3. The Balaban J connectivity index is 3.40. The Morgan fingerprint density at radius 2 is 0.738 bits per heavy atom. The van der Waals surface area contributed by atoms with Crippen LogP contribution in [0.3, 0.4) is 0 Å². The summed E-state index contributed by atoms with van der Waals surface area (Å²) in [5.74, 6) is -4.88. The van der Waals surface area contributed by atoms with Crippen LogP contribution in [0, 0.1) is 0 Å². The molecule has 0 spiro atoms. The molecule has 26 nitrogen and oxygen atoms in total. The lowest BCUT2D eigenvalue weighted by atomic mass is 9.98. The highest BCUT2D eigenvalue weighted by atomic mass is 16.8. The number of hydroxylamine groups is 4. The second kappa shape index (κ2) is 24.2. The van der Waals surface area contributed by atoms with E-state index in [1.165, 1.54) is 0 Å². The van der Waals surface area contributed by atoms with Crippen LogP contribution in [0.15, 0.2) is 0 Å².